The van der Waals surface area contributed by atoms with Gasteiger partial charge in [0.05, 0.1) is 17.0 Å². The maximum Gasteiger partial charge on any atom is 0.257 e. The fourth-order valence-corrected chi connectivity index (χ4v) is 3.96. The van der Waals surface area contributed by atoms with Crippen LogP contribution in [-0.2, 0) is 30.3 Å². The summed E-state index contributed by atoms with van der Waals surface area (Å²) < 4.78 is 21.8. The fourth-order valence-electron chi connectivity index (χ4n) is 3.26. The van der Waals surface area contributed by atoms with Gasteiger partial charge in [-0.05, 0) is 35.7 Å². The van der Waals surface area contributed by atoms with Crippen molar-refractivity contribution in [2.24, 2.45) is 7.05 Å². The highest BCUT2D eigenvalue weighted by atomic mass is 35.5. The third-order valence-electron chi connectivity index (χ3n) is 4.52. The van der Waals surface area contributed by atoms with Crippen molar-refractivity contribution in [1.82, 2.24) is 4.57 Å². The van der Waals surface area contributed by atoms with Crippen molar-refractivity contribution in [3.8, 4) is 11.3 Å². The number of aromatic nitrogens is 1. The summed E-state index contributed by atoms with van der Waals surface area (Å²) in [6, 6.07) is 14.5. The highest BCUT2D eigenvalue weighted by Gasteiger charge is 2.21. The monoisotopic (exact) mass is 416 g/mol. The third kappa shape index (κ3) is 4.35. The van der Waals surface area contributed by atoms with Gasteiger partial charge in [-0.2, -0.15) is 0 Å². The maximum atomic E-state index is 12.9. The van der Waals surface area contributed by atoms with Crippen LogP contribution in [0.3, 0.4) is 0 Å². The van der Waals surface area contributed by atoms with Crippen molar-refractivity contribution in [3.63, 3.8) is 0 Å². The number of halogens is 1. The van der Waals surface area contributed by atoms with Gasteiger partial charge in [0.15, 0.2) is 11.1 Å². The van der Waals surface area contributed by atoms with Gasteiger partial charge in [0.2, 0.25) is 0 Å². The molecule has 0 radical (unpaired) electrons. The smallest absolute Gasteiger partial charge is 0.257 e. The number of nitrogens with zero attached hydrogens (tertiary/aromatic N) is 1. The van der Waals surface area contributed by atoms with E-state index in [0.717, 1.165) is 22.4 Å². The van der Waals surface area contributed by atoms with Crippen LogP contribution in [0.1, 0.15) is 28.4 Å². The molecule has 0 aliphatic carbocycles. The van der Waals surface area contributed by atoms with Crippen molar-refractivity contribution in [2.75, 3.05) is 5.32 Å². The van der Waals surface area contributed by atoms with Crippen LogP contribution in [0.4, 0.5) is 5.69 Å². The average Bonchev–Trinajstić information content (AvgIpc) is 2.99. The molecular formula is C21H21ClN2O3S. The van der Waals surface area contributed by atoms with E-state index < -0.39 is 11.1 Å². The molecule has 3 rings (SSSR count). The van der Waals surface area contributed by atoms with E-state index in [1.807, 2.05) is 49.0 Å². The Morgan fingerprint density at radius 2 is 1.86 bits per heavy atom. The molecular weight excluding hydrogens is 396 g/mol. The molecule has 0 bridgehead atoms. The van der Waals surface area contributed by atoms with Crippen LogP contribution in [0.5, 0.6) is 0 Å². The minimum Gasteiger partial charge on any atom is -0.349 e. The zero-order valence-corrected chi connectivity index (χ0v) is 17.2. The first-order chi connectivity index (χ1) is 13.4. The summed E-state index contributed by atoms with van der Waals surface area (Å²) in [4.78, 5) is 12.9. The lowest BCUT2D eigenvalue weighted by Crippen LogP contribution is -2.13. The van der Waals surface area contributed by atoms with E-state index >= 15 is 0 Å². The van der Waals surface area contributed by atoms with E-state index in [-0.39, 0.29) is 11.7 Å². The van der Waals surface area contributed by atoms with Crippen LogP contribution in [0.25, 0.3) is 11.3 Å². The Bertz CT molecular complexity index is 1030. The zero-order valence-electron chi connectivity index (χ0n) is 15.6. The van der Waals surface area contributed by atoms with E-state index in [9.17, 15) is 9.00 Å². The number of rotatable bonds is 6. The van der Waals surface area contributed by atoms with E-state index in [2.05, 4.69) is 5.32 Å². The number of carbonyl (C=O) groups excluding carboxylic acids is 1. The molecule has 5 nitrogen and oxygen atoms in total. The lowest BCUT2D eigenvalue weighted by Gasteiger charge is -2.10. The number of hydrogen-bond donors (Lipinski definition) is 2. The molecule has 0 aliphatic rings. The summed E-state index contributed by atoms with van der Waals surface area (Å²) in [7, 11) is 1.90. The maximum absolute atomic E-state index is 12.9. The van der Waals surface area contributed by atoms with Crippen molar-refractivity contribution >= 4 is 34.3 Å². The van der Waals surface area contributed by atoms with E-state index in [1.54, 1.807) is 24.3 Å². The molecule has 3 aromatic rings. The van der Waals surface area contributed by atoms with E-state index in [0.29, 0.717) is 22.7 Å². The Labute approximate surface area is 171 Å². The first-order valence-electron chi connectivity index (χ1n) is 8.81. The fraction of sp³-hybridized carbons (Fsp3) is 0.190. The number of amides is 1. The molecule has 0 aliphatic heterocycles. The summed E-state index contributed by atoms with van der Waals surface area (Å²) in [5.41, 5.74) is 4.71. The molecule has 2 N–H and O–H groups in total. The zero-order chi connectivity index (χ0) is 20.3. The second-order valence-electron chi connectivity index (χ2n) is 6.43. The number of benzene rings is 2. The summed E-state index contributed by atoms with van der Waals surface area (Å²) in [5.74, 6) is -0.141. The van der Waals surface area contributed by atoms with Crippen LogP contribution in [-0.4, -0.2) is 19.2 Å². The Kier molecular flexibility index (Phi) is 6.34. The molecule has 0 spiro atoms. The number of hydrogen-bond acceptors (Lipinski definition) is 2. The molecule has 0 fully saturated rings. The second-order valence-corrected chi connectivity index (χ2v) is 7.77. The number of anilines is 1. The van der Waals surface area contributed by atoms with Gasteiger partial charge in [0.25, 0.3) is 5.91 Å². The summed E-state index contributed by atoms with van der Waals surface area (Å²) in [6.07, 6.45) is 2.50. The topological polar surface area (TPSA) is 71.3 Å². The minimum absolute atomic E-state index is 0.0636. The van der Waals surface area contributed by atoms with Crippen molar-refractivity contribution in [2.45, 2.75) is 19.1 Å². The average molecular weight is 417 g/mol. The second kappa shape index (κ2) is 8.73. The van der Waals surface area contributed by atoms with Gasteiger partial charge in [-0.25, -0.2) is 4.21 Å². The standard InChI is InChI=1S/C21H21ClN2O3S/c1-3-16-18(12-24(2)20(16)17-6-4-5-7-19(17)22)21(25)23-15-10-8-14(9-11-15)13-28(26)27/h4-12H,3,13H2,1-2H3,(H,23,25)(H,26,27). The first kappa shape index (κ1) is 20.3. The third-order valence-corrected chi connectivity index (χ3v) is 5.43. The Balaban J connectivity index is 1.89. The van der Waals surface area contributed by atoms with Gasteiger partial charge in [-0.3, -0.25) is 4.79 Å². The van der Waals surface area contributed by atoms with E-state index in [4.69, 9.17) is 16.2 Å². The predicted molar refractivity (Wildman–Crippen MR) is 114 cm³/mol. The lowest BCUT2D eigenvalue weighted by atomic mass is 10.0. The van der Waals surface area contributed by atoms with Gasteiger partial charge < -0.3 is 14.4 Å². The Hall–Kier alpha value is -2.41. The molecule has 0 saturated carbocycles. The summed E-state index contributed by atoms with van der Waals surface area (Å²) >= 11 is 4.49. The van der Waals surface area contributed by atoms with Crippen molar-refractivity contribution < 1.29 is 13.6 Å². The molecule has 1 aromatic heterocycles. The van der Waals surface area contributed by atoms with Crippen LogP contribution in [0.2, 0.25) is 5.02 Å². The number of nitrogens with one attached hydrogen (secondary N) is 1. The summed E-state index contributed by atoms with van der Waals surface area (Å²) in [6.45, 7) is 2.01. The largest absolute Gasteiger partial charge is 0.349 e. The van der Waals surface area contributed by atoms with Gasteiger partial charge in [-0.1, -0.05) is 48.9 Å². The predicted octanol–water partition coefficient (Wildman–Crippen LogP) is 4.88. The summed E-state index contributed by atoms with van der Waals surface area (Å²) in [5, 5.41) is 3.54. The molecule has 1 amide bonds. The molecule has 2 aromatic carbocycles. The normalized spacial score (nSPS) is 12.0. The Morgan fingerprint density at radius 1 is 1.18 bits per heavy atom. The molecule has 1 unspecified atom stereocenters. The quantitative estimate of drug-likeness (QED) is 0.562. The molecule has 0 saturated heterocycles. The molecule has 28 heavy (non-hydrogen) atoms. The Morgan fingerprint density at radius 3 is 2.46 bits per heavy atom. The minimum atomic E-state index is -1.89. The highest BCUT2D eigenvalue weighted by Crippen LogP contribution is 2.33. The van der Waals surface area contributed by atoms with Crippen molar-refractivity contribution in [1.29, 1.82) is 0 Å². The van der Waals surface area contributed by atoms with Crippen LogP contribution < -0.4 is 5.32 Å². The SMILES string of the molecule is CCc1c(C(=O)Nc2ccc(CS(=O)O)cc2)cn(C)c1-c1ccccc1Cl. The highest BCUT2D eigenvalue weighted by molar-refractivity contribution is 7.78. The van der Waals surface area contributed by atoms with Crippen LogP contribution in [0.15, 0.2) is 54.7 Å². The first-order valence-corrected chi connectivity index (χ1v) is 10.5. The molecule has 1 heterocycles. The number of aryl methyl sites for hydroxylation is 1. The van der Waals surface area contributed by atoms with Gasteiger partial charge in [0.1, 0.15) is 0 Å². The van der Waals surface area contributed by atoms with Gasteiger partial charge >= 0.3 is 0 Å². The van der Waals surface area contributed by atoms with Gasteiger partial charge in [-0.15, -0.1) is 0 Å². The van der Waals surface area contributed by atoms with Crippen LogP contribution in [0, 0.1) is 0 Å². The van der Waals surface area contributed by atoms with Crippen LogP contribution >= 0.6 is 11.6 Å². The molecule has 146 valence electrons. The molecule has 7 heteroatoms. The van der Waals surface area contributed by atoms with Gasteiger partial charge in [0, 0.05) is 29.5 Å². The lowest BCUT2D eigenvalue weighted by molar-refractivity contribution is 0.102. The van der Waals surface area contributed by atoms with E-state index in [1.165, 1.54) is 0 Å². The molecule has 1 atom stereocenters. The van der Waals surface area contributed by atoms with Crippen molar-refractivity contribution in [3.05, 3.63) is 76.4 Å². The number of carbonyl (C=O) groups is 1.